The summed E-state index contributed by atoms with van der Waals surface area (Å²) in [5.41, 5.74) is 1.30. The number of hydrogen-bond acceptors (Lipinski definition) is 5. The minimum absolute atomic E-state index is 0. The Morgan fingerprint density at radius 3 is 2.59 bits per heavy atom. The predicted octanol–water partition coefficient (Wildman–Crippen LogP) is 4.16. The van der Waals surface area contributed by atoms with Crippen LogP contribution in [-0.4, -0.2) is 38.7 Å². The number of nitrogens with one attached hydrogen (secondary N) is 2. The van der Waals surface area contributed by atoms with E-state index in [4.69, 9.17) is 9.47 Å². The first-order valence-electron chi connectivity index (χ1n) is 9.32. The van der Waals surface area contributed by atoms with Gasteiger partial charge < -0.3 is 20.1 Å². The van der Waals surface area contributed by atoms with E-state index in [-0.39, 0.29) is 30.0 Å². The van der Waals surface area contributed by atoms with Crippen LogP contribution in [0.4, 0.5) is 0 Å². The molecule has 1 heterocycles. The summed E-state index contributed by atoms with van der Waals surface area (Å²) in [5, 5.41) is 6.72. The van der Waals surface area contributed by atoms with E-state index in [1.165, 1.54) is 24.0 Å². The van der Waals surface area contributed by atoms with Gasteiger partial charge in [-0.15, -0.1) is 35.3 Å². The van der Waals surface area contributed by atoms with E-state index in [1.54, 1.807) is 12.1 Å². The highest BCUT2D eigenvalue weighted by Gasteiger charge is 2.13. The second-order valence-electron chi connectivity index (χ2n) is 6.48. The SMILES string of the molecule is CCNC(=NCc1ccc(OC)c(C(=O)OC)c1)NC(C)Cc1ccc(C)s1.I. The maximum Gasteiger partial charge on any atom is 0.341 e. The molecule has 1 aromatic heterocycles. The zero-order chi connectivity index (χ0) is 20.5. The molecule has 0 amide bonds. The van der Waals surface area contributed by atoms with Crippen molar-refractivity contribution in [3.63, 3.8) is 0 Å². The second-order valence-corrected chi connectivity index (χ2v) is 7.86. The largest absolute Gasteiger partial charge is 0.496 e. The lowest BCUT2D eigenvalue weighted by Gasteiger charge is -2.17. The Morgan fingerprint density at radius 1 is 1.24 bits per heavy atom. The molecule has 0 bridgehead atoms. The second kappa shape index (κ2) is 12.7. The molecule has 6 nitrogen and oxygen atoms in total. The maximum atomic E-state index is 11.9. The number of thiophene rings is 1. The van der Waals surface area contributed by atoms with E-state index in [0.29, 0.717) is 17.9 Å². The summed E-state index contributed by atoms with van der Waals surface area (Å²) < 4.78 is 10.1. The number of rotatable bonds is 8. The van der Waals surface area contributed by atoms with Crippen LogP contribution in [0, 0.1) is 6.92 Å². The number of hydrogen-bond donors (Lipinski definition) is 2. The van der Waals surface area contributed by atoms with Crippen LogP contribution < -0.4 is 15.4 Å². The molecule has 0 aliphatic heterocycles. The number of methoxy groups -OCH3 is 2. The lowest BCUT2D eigenvalue weighted by Crippen LogP contribution is -2.43. The highest BCUT2D eigenvalue weighted by atomic mass is 127. The lowest BCUT2D eigenvalue weighted by molar-refractivity contribution is 0.0597. The zero-order valence-electron chi connectivity index (χ0n) is 17.6. The average Bonchev–Trinajstić information content (AvgIpc) is 3.09. The van der Waals surface area contributed by atoms with Crippen LogP contribution in [0.2, 0.25) is 0 Å². The van der Waals surface area contributed by atoms with Gasteiger partial charge in [-0.1, -0.05) is 6.07 Å². The Balaban J connectivity index is 0.00000420. The zero-order valence-corrected chi connectivity index (χ0v) is 20.7. The van der Waals surface area contributed by atoms with Gasteiger partial charge in [-0.2, -0.15) is 0 Å². The summed E-state index contributed by atoms with van der Waals surface area (Å²) >= 11 is 1.82. The van der Waals surface area contributed by atoms with Crippen molar-refractivity contribution in [3.8, 4) is 5.75 Å². The molecule has 1 atom stereocenters. The van der Waals surface area contributed by atoms with Crippen LogP contribution in [0.1, 0.15) is 39.5 Å². The number of halogens is 1. The number of aliphatic imine (C=N–C) groups is 1. The van der Waals surface area contributed by atoms with Crippen molar-refractivity contribution < 1.29 is 14.3 Å². The molecule has 8 heteroatoms. The van der Waals surface area contributed by atoms with Crippen molar-refractivity contribution in [2.75, 3.05) is 20.8 Å². The fraction of sp³-hybridized carbons (Fsp3) is 0.429. The lowest BCUT2D eigenvalue weighted by atomic mass is 10.1. The first-order valence-corrected chi connectivity index (χ1v) is 10.1. The maximum absolute atomic E-state index is 11.9. The third-order valence-corrected chi connectivity index (χ3v) is 5.14. The molecule has 29 heavy (non-hydrogen) atoms. The van der Waals surface area contributed by atoms with E-state index in [2.05, 4.69) is 41.6 Å². The first kappa shape index (κ1) is 25.2. The number of carbonyl (C=O) groups excluding carboxylic acids is 1. The molecule has 0 fully saturated rings. The van der Waals surface area contributed by atoms with Crippen molar-refractivity contribution in [1.29, 1.82) is 0 Å². The van der Waals surface area contributed by atoms with E-state index < -0.39 is 5.97 Å². The average molecular weight is 531 g/mol. The molecule has 0 spiro atoms. The normalized spacial score (nSPS) is 12.0. The number of nitrogens with zero attached hydrogens (tertiary/aromatic N) is 1. The Hall–Kier alpha value is -1.81. The van der Waals surface area contributed by atoms with Gasteiger partial charge in [-0.3, -0.25) is 0 Å². The molecule has 2 N–H and O–H groups in total. The van der Waals surface area contributed by atoms with Crippen LogP contribution >= 0.6 is 35.3 Å². The van der Waals surface area contributed by atoms with Crippen LogP contribution in [0.15, 0.2) is 35.3 Å². The molecule has 0 aliphatic carbocycles. The van der Waals surface area contributed by atoms with E-state index >= 15 is 0 Å². The Kier molecular flexibility index (Phi) is 11.0. The minimum atomic E-state index is -0.424. The summed E-state index contributed by atoms with van der Waals surface area (Å²) in [5.74, 6) is 0.816. The monoisotopic (exact) mass is 531 g/mol. The Labute approximate surface area is 194 Å². The number of esters is 1. The molecule has 0 saturated heterocycles. The highest BCUT2D eigenvalue weighted by Crippen LogP contribution is 2.21. The van der Waals surface area contributed by atoms with Crippen molar-refractivity contribution in [1.82, 2.24) is 10.6 Å². The first-order chi connectivity index (χ1) is 13.5. The number of ether oxygens (including phenoxy) is 2. The van der Waals surface area contributed by atoms with Gasteiger partial charge in [-0.05, 0) is 50.6 Å². The molecular formula is C21H30IN3O3S. The highest BCUT2D eigenvalue weighted by molar-refractivity contribution is 14.0. The summed E-state index contributed by atoms with van der Waals surface area (Å²) in [6.45, 7) is 7.51. The van der Waals surface area contributed by atoms with Crippen LogP contribution in [0.25, 0.3) is 0 Å². The van der Waals surface area contributed by atoms with Gasteiger partial charge >= 0.3 is 5.97 Å². The summed E-state index contributed by atoms with van der Waals surface area (Å²) in [6, 6.07) is 9.99. The quantitative estimate of drug-likeness (QED) is 0.232. The minimum Gasteiger partial charge on any atom is -0.496 e. The number of aryl methyl sites for hydroxylation is 1. The van der Waals surface area contributed by atoms with E-state index in [0.717, 1.165) is 24.5 Å². The van der Waals surface area contributed by atoms with Crippen LogP contribution in [0.3, 0.4) is 0 Å². The fourth-order valence-electron chi connectivity index (χ4n) is 2.79. The number of guanidine groups is 1. The third-order valence-electron chi connectivity index (χ3n) is 4.12. The van der Waals surface area contributed by atoms with Gasteiger partial charge in [-0.25, -0.2) is 9.79 Å². The molecule has 0 saturated carbocycles. The van der Waals surface area contributed by atoms with Gasteiger partial charge in [0.05, 0.1) is 20.8 Å². The summed E-state index contributed by atoms with van der Waals surface area (Å²) in [7, 11) is 2.89. The van der Waals surface area contributed by atoms with Crippen molar-refractivity contribution >= 4 is 47.2 Å². The van der Waals surface area contributed by atoms with Gasteiger partial charge in [0.15, 0.2) is 5.96 Å². The molecule has 0 radical (unpaired) electrons. The molecule has 1 unspecified atom stereocenters. The predicted molar refractivity (Wildman–Crippen MR) is 130 cm³/mol. The molecule has 160 valence electrons. The fourth-order valence-corrected chi connectivity index (χ4v) is 3.81. The van der Waals surface area contributed by atoms with Gasteiger partial charge in [0.2, 0.25) is 0 Å². The molecular weight excluding hydrogens is 501 g/mol. The number of carbonyl (C=O) groups is 1. The smallest absolute Gasteiger partial charge is 0.341 e. The van der Waals surface area contributed by atoms with Crippen LogP contribution in [-0.2, 0) is 17.7 Å². The third kappa shape index (κ3) is 7.85. The van der Waals surface area contributed by atoms with Crippen LogP contribution in [0.5, 0.6) is 5.75 Å². The van der Waals surface area contributed by atoms with Crippen molar-refractivity contribution in [2.45, 2.75) is 39.8 Å². The van der Waals surface area contributed by atoms with Gasteiger partial charge in [0.1, 0.15) is 11.3 Å². The summed E-state index contributed by atoms with van der Waals surface area (Å²) in [4.78, 5) is 19.3. The molecule has 0 aliphatic rings. The van der Waals surface area contributed by atoms with Crippen molar-refractivity contribution in [3.05, 3.63) is 51.2 Å². The van der Waals surface area contributed by atoms with E-state index in [1.807, 2.05) is 24.3 Å². The standard InChI is InChI=1S/C21H29N3O3S.HI/c1-6-22-21(24-14(2)11-17-9-7-15(3)28-17)23-13-16-8-10-19(26-4)18(12-16)20(25)27-5;/h7-10,12,14H,6,11,13H2,1-5H3,(H2,22,23,24);1H. The Bertz CT molecular complexity index is 823. The van der Waals surface area contributed by atoms with Gasteiger partial charge in [0, 0.05) is 28.8 Å². The van der Waals surface area contributed by atoms with Crippen molar-refractivity contribution in [2.24, 2.45) is 4.99 Å². The van der Waals surface area contributed by atoms with Gasteiger partial charge in [0.25, 0.3) is 0 Å². The van der Waals surface area contributed by atoms with E-state index in [9.17, 15) is 4.79 Å². The Morgan fingerprint density at radius 2 is 2.00 bits per heavy atom. The number of benzene rings is 1. The molecule has 1 aromatic carbocycles. The summed E-state index contributed by atoms with van der Waals surface area (Å²) in [6.07, 6.45) is 0.942. The molecule has 2 rings (SSSR count). The molecule has 2 aromatic rings. The topological polar surface area (TPSA) is 72.0 Å².